The van der Waals surface area contributed by atoms with Crippen LogP contribution in [0.4, 0.5) is 0 Å². The summed E-state index contributed by atoms with van der Waals surface area (Å²) in [4.78, 5) is 26.9. The summed E-state index contributed by atoms with van der Waals surface area (Å²) in [5.41, 5.74) is 0. The Hall–Kier alpha value is -1.14. The van der Waals surface area contributed by atoms with E-state index in [1.54, 1.807) is 0 Å². The SMILES string of the molecule is CCN(CC)C(CNC(=O)CCCC(=O)O)N(CC)CC. The van der Waals surface area contributed by atoms with Crippen molar-refractivity contribution in [3.8, 4) is 0 Å². The fourth-order valence-electron chi connectivity index (χ4n) is 2.47. The zero-order chi connectivity index (χ0) is 16.3. The first-order valence-corrected chi connectivity index (χ1v) is 7.96. The third kappa shape index (κ3) is 8.02. The monoisotopic (exact) mass is 301 g/mol. The van der Waals surface area contributed by atoms with Crippen molar-refractivity contribution in [1.29, 1.82) is 0 Å². The van der Waals surface area contributed by atoms with Gasteiger partial charge in [-0.05, 0) is 32.6 Å². The van der Waals surface area contributed by atoms with Crippen LogP contribution in [0, 0.1) is 0 Å². The van der Waals surface area contributed by atoms with Gasteiger partial charge in [0.05, 0.1) is 6.17 Å². The molecule has 0 fully saturated rings. The predicted molar refractivity (Wildman–Crippen MR) is 84.1 cm³/mol. The van der Waals surface area contributed by atoms with Gasteiger partial charge in [-0.25, -0.2) is 0 Å². The van der Waals surface area contributed by atoms with Gasteiger partial charge in [0.25, 0.3) is 0 Å². The normalized spacial score (nSPS) is 11.4. The molecule has 6 nitrogen and oxygen atoms in total. The number of nitrogens with one attached hydrogen (secondary N) is 1. The van der Waals surface area contributed by atoms with Crippen molar-refractivity contribution in [1.82, 2.24) is 15.1 Å². The molecule has 0 saturated carbocycles. The molecule has 0 bridgehead atoms. The number of amides is 1. The lowest BCUT2D eigenvalue weighted by Gasteiger charge is -2.38. The van der Waals surface area contributed by atoms with Crippen LogP contribution in [0.5, 0.6) is 0 Å². The summed E-state index contributed by atoms with van der Waals surface area (Å²) in [5, 5.41) is 11.5. The van der Waals surface area contributed by atoms with Crippen LogP contribution in [0.1, 0.15) is 47.0 Å². The Labute approximate surface area is 128 Å². The Morgan fingerprint density at radius 3 is 1.81 bits per heavy atom. The predicted octanol–water partition coefficient (Wildman–Crippen LogP) is 1.37. The average molecular weight is 301 g/mol. The van der Waals surface area contributed by atoms with E-state index in [9.17, 15) is 9.59 Å². The van der Waals surface area contributed by atoms with Crippen LogP contribution in [0.2, 0.25) is 0 Å². The second-order valence-electron chi connectivity index (χ2n) is 4.97. The first kappa shape index (κ1) is 19.9. The minimum absolute atomic E-state index is 0.0446. The lowest BCUT2D eigenvalue weighted by atomic mass is 10.2. The topological polar surface area (TPSA) is 72.9 Å². The second kappa shape index (κ2) is 11.5. The molecular weight excluding hydrogens is 270 g/mol. The van der Waals surface area contributed by atoms with Gasteiger partial charge in [0.15, 0.2) is 0 Å². The molecular formula is C15H31N3O3. The maximum absolute atomic E-state index is 11.8. The van der Waals surface area contributed by atoms with Gasteiger partial charge in [0, 0.05) is 19.4 Å². The van der Waals surface area contributed by atoms with Crippen molar-refractivity contribution in [3.63, 3.8) is 0 Å². The van der Waals surface area contributed by atoms with E-state index in [1.165, 1.54) is 0 Å². The number of carboxylic acids is 1. The number of likely N-dealkylation sites (N-methyl/N-ethyl adjacent to an activating group) is 2. The summed E-state index contributed by atoms with van der Waals surface area (Å²) in [6.07, 6.45) is 0.902. The molecule has 0 unspecified atom stereocenters. The van der Waals surface area contributed by atoms with Crippen LogP contribution < -0.4 is 5.32 Å². The highest BCUT2D eigenvalue weighted by Crippen LogP contribution is 2.06. The molecule has 6 heteroatoms. The molecule has 0 saturated heterocycles. The molecule has 21 heavy (non-hydrogen) atoms. The first-order chi connectivity index (χ1) is 9.99. The molecule has 0 heterocycles. The lowest BCUT2D eigenvalue weighted by molar-refractivity contribution is -0.137. The Bertz CT molecular complexity index is 291. The summed E-state index contributed by atoms with van der Waals surface area (Å²) < 4.78 is 0. The molecule has 0 aromatic rings. The maximum atomic E-state index is 11.8. The number of carbonyl (C=O) groups is 2. The number of nitrogens with zero attached hydrogens (tertiary/aromatic N) is 2. The highest BCUT2D eigenvalue weighted by molar-refractivity contribution is 5.76. The highest BCUT2D eigenvalue weighted by atomic mass is 16.4. The van der Waals surface area contributed by atoms with Crippen molar-refractivity contribution >= 4 is 11.9 Å². The third-order valence-corrected chi connectivity index (χ3v) is 3.74. The van der Waals surface area contributed by atoms with Gasteiger partial charge >= 0.3 is 5.97 Å². The van der Waals surface area contributed by atoms with Gasteiger partial charge in [0.2, 0.25) is 5.91 Å². The molecule has 0 aromatic carbocycles. The maximum Gasteiger partial charge on any atom is 0.303 e. The Balaban J connectivity index is 4.40. The number of aliphatic carboxylic acids is 1. The van der Waals surface area contributed by atoms with Crippen molar-refractivity contribution in [2.24, 2.45) is 0 Å². The van der Waals surface area contributed by atoms with E-state index in [0.29, 0.717) is 13.0 Å². The zero-order valence-electron chi connectivity index (χ0n) is 13.9. The molecule has 0 atom stereocenters. The summed E-state index contributed by atoms with van der Waals surface area (Å²) in [5.74, 6) is -0.924. The van der Waals surface area contributed by atoms with E-state index < -0.39 is 5.97 Å². The molecule has 0 radical (unpaired) electrons. The number of hydrogen-bond acceptors (Lipinski definition) is 4. The molecule has 0 aromatic heterocycles. The number of hydrogen-bond donors (Lipinski definition) is 2. The number of rotatable bonds is 12. The third-order valence-electron chi connectivity index (χ3n) is 3.74. The van der Waals surface area contributed by atoms with Crippen molar-refractivity contribution in [3.05, 3.63) is 0 Å². The molecule has 2 N–H and O–H groups in total. The standard InChI is InChI=1S/C15H31N3O3/c1-5-17(6-2)14(18(7-3)8-4)12-16-13(19)10-9-11-15(20)21/h14H,5-12H2,1-4H3,(H,16,19)(H,20,21). The van der Waals surface area contributed by atoms with Gasteiger partial charge in [-0.1, -0.05) is 27.7 Å². The van der Waals surface area contributed by atoms with Gasteiger partial charge in [0.1, 0.15) is 0 Å². The van der Waals surface area contributed by atoms with Crippen LogP contribution in [-0.4, -0.2) is 65.7 Å². The summed E-state index contributed by atoms with van der Waals surface area (Å²) in [6, 6.07) is 0. The van der Waals surface area contributed by atoms with Gasteiger partial charge in [-0.2, -0.15) is 0 Å². The van der Waals surface area contributed by atoms with E-state index in [-0.39, 0.29) is 24.9 Å². The molecule has 0 aliphatic rings. The Morgan fingerprint density at radius 1 is 0.952 bits per heavy atom. The van der Waals surface area contributed by atoms with Gasteiger partial charge < -0.3 is 10.4 Å². The van der Waals surface area contributed by atoms with Crippen molar-refractivity contribution in [2.45, 2.75) is 53.1 Å². The molecule has 0 aliphatic heterocycles. The van der Waals surface area contributed by atoms with E-state index in [0.717, 1.165) is 26.2 Å². The highest BCUT2D eigenvalue weighted by Gasteiger charge is 2.21. The van der Waals surface area contributed by atoms with E-state index in [2.05, 4.69) is 42.8 Å². The quantitative estimate of drug-likeness (QED) is 0.533. The molecule has 124 valence electrons. The van der Waals surface area contributed by atoms with Gasteiger partial charge in [-0.3, -0.25) is 19.4 Å². The fourth-order valence-corrected chi connectivity index (χ4v) is 2.47. The first-order valence-electron chi connectivity index (χ1n) is 7.96. The van der Waals surface area contributed by atoms with Crippen LogP contribution in [0.25, 0.3) is 0 Å². The number of carboxylic acid groups (broad SMARTS) is 1. The minimum atomic E-state index is -0.855. The second-order valence-corrected chi connectivity index (χ2v) is 4.97. The zero-order valence-corrected chi connectivity index (χ0v) is 13.9. The largest absolute Gasteiger partial charge is 0.481 e. The molecule has 1 amide bonds. The van der Waals surface area contributed by atoms with E-state index >= 15 is 0 Å². The van der Waals surface area contributed by atoms with E-state index in [4.69, 9.17) is 5.11 Å². The smallest absolute Gasteiger partial charge is 0.303 e. The Morgan fingerprint density at radius 2 is 1.43 bits per heavy atom. The molecule has 0 rings (SSSR count). The summed E-state index contributed by atoms with van der Waals surface area (Å²) in [7, 11) is 0. The van der Waals surface area contributed by atoms with Crippen LogP contribution in [0.3, 0.4) is 0 Å². The summed E-state index contributed by atoms with van der Waals surface area (Å²) >= 11 is 0. The van der Waals surface area contributed by atoms with Crippen molar-refractivity contribution < 1.29 is 14.7 Å². The van der Waals surface area contributed by atoms with Crippen LogP contribution in [0.15, 0.2) is 0 Å². The van der Waals surface area contributed by atoms with Crippen LogP contribution in [-0.2, 0) is 9.59 Å². The summed E-state index contributed by atoms with van der Waals surface area (Å²) in [6.45, 7) is 12.8. The van der Waals surface area contributed by atoms with Gasteiger partial charge in [-0.15, -0.1) is 0 Å². The van der Waals surface area contributed by atoms with Crippen LogP contribution >= 0.6 is 0 Å². The molecule has 0 aliphatic carbocycles. The van der Waals surface area contributed by atoms with Crippen molar-refractivity contribution in [2.75, 3.05) is 32.7 Å². The number of carbonyl (C=O) groups excluding carboxylic acids is 1. The Kier molecular flexibility index (Phi) is 10.9. The minimum Gasteiger partial charge on any atom is -0.481 e. The lowest BCUT2D eigenvalue weighted by Crippen LogP contribution is -2.54. The fraction of sp³-hybridized carbons (Fsp3) is 0.867. The molecule has 0 spiro atoms. The average Bonchev–Trinajstić information content (AvgIpc) is 2.46. The van der Waals surface area contributed by atoms with E-state index in [1.807, 2.05) is 0 Å².